The van der Waals surface area contributed by atoms with Gasteiger partial charge in [0.25, 0.3) is 0 Å². The molecule has 6 atom stereocenters. The van der Waals surface area contributed by atoms with E-state index in [4.69, 9.17) is 4.74 Å². The fourth-order valence-corrected chi connectivity index (χ4v) is 6.56. The van der Waals surface area contributed by atoms with Crippen molar-refractivity contribution in [1.29, 1.82) is 0 Å². The molecule has 190 valence electrons. The lowest BCUT2D eigenvalue weighted by Gasteiger charge is -2.34. The molecule has 0 bridgehead atoms. The van der Waals surface area contributed by atoms with Crippen LogP contribution < -0.4 is 5.32 Å². The average molecular weight is 492 g/mol. The van der Waals surface area contributed by atoms with Crippen LogP contribution in [0.3, 0.4) is 0 Å². The molecular formula is C25H32F3N5O2. The predicted molar refractivity (Wildman–Crippen MR) is 126 cm³/mol. The highest BCUT2D eigenvalue weighted by molar-refractivity contribution is 5.93. The van der Waals surface area contributed by atoms with Gasteiger partial charge in [-0.15, -0.1) is 0 Å². The number of nitrogens with one attached hydrogen (secondary N) is 1. The van der Waals surface area contributed by atoms with Crippen molar-refractivity contribution >= 4 is 22.6 Å². The predicted octanol–water partition coefficient (Wildman–Crippen LogP) is 3.79. The lowest BCUT2D eigenvalue weighted by molar-refractivity contribution is -0.137. The van der Waals surface area contributed by atoms with Crippen molar-refractivity contribution in [3.63, 3.8) is 0 Å². The Kier molecular flexibility index (Phi) is 6.15. The second kappa shape index (κ2) is 8.89. The monoisotopic (exact) mass is 491 g/mol. The van der Waals surface area contributed by atoms with Crippen molar-refractivity contribution in [2.24, 2.45) is 11.8 Å². The molecule has 6 unspecified atom stereocenters. The second-order valence-electron chi connectivity index (χ2n) is 10.3. The number of anilines is 1. The zero-order chi connectivity index (χ0) is 25.1. The molecule has 2 saturated heterocycles. The van der Waals surface area contributed by atoms with Gasteiger partial charge < -0.3 is 15.0 Å². The van der Waals surface area contributed by atoms with Crippen LogP contribution in [0.5, 0.6) is 0 Å². The quantitative estimate of drug-likeness (QED) is 0.686. The van der Waals surface area contributed by atoms with E-state index in [0.717, 1.165) is 25.1 Å². The van der Waals surface area contributed by atoms with E-state index in [1.54, 1.807) is 7.11 Å². The number of hydrogen-bond donors (Lipinski definition) is 1. The summed E-state index contributed by atoms with van der Waals surface area (Å²) in [5, 5.41) is 3.37. The number of amides is 1. The lowest BCUT2D eigenvalue weighted by Crippen LogP contribution is -2.47. The third-order valence-corrected chi connectivity index (χ3v) is 8.28. The molecule has 7 nitrogen and oxygen atoms in total. The van der Waals surface area contributed by atoms with E-state index in [2.05, 4.69) is 41.0 Å². The highest BCUT2D eigenvalue weighted by Crippen LogP contribution is 2.46. The van der Waals surface area contributed by atoms with E-state index in [9.17, 15) is 18.0 Å². The number of aromatic nitrogens is 2. The number of ether oxygens (including phenoxy) is 1. The third kappa shape index (κ3) is 4.14. The summed E-state index contributed by atoms with van der Waals surface area (Å²) >= 11 is 0. The molecule has 1 saturated carbocycles. The van der Waals surface area contributed by atoms with Gasteiger partial charge in [-0.05, 0) is 57.7 Å². The molecule has 2 aromatic rings. The maximum Gasteiger partial charge on any atom is 0.416 e. The number of methoxy groups -OCH3 is 1. The van der Waals surface area contributed by atoms with Crippen LogP contribution in [-0.4, -0.2) is 76.1 Å². The van der Waals surface area contributed by atoms with E-state index in [1.807, 2.05) is 4.90 Å². The fraction of sp³-hybridized carbons (Fsp3) is 0.640. The van der Waals surface area contributed by atoms with Crippen LogP contribution in [0.4, 0.5) is 19.0 Å². The van der Waals surface area contributed by atoms with Crippen molar-refractivity contribution in [3.05, 3.63) is 30.1 Å². The normalized spacial score (nSPS) is 31.7. The van der Waals surface area contributed by atoms with Crippen LogP contribution in [0.25, 0.3) is 10.9 Å². The first kappa shape index (κ1) is 24.2. The molecule has 1 aromatic carbocycles. The highest BCUT2D eigenvalue weighted by atomic mass is 19.4. The molecule has 5 rings (SSSR count). The molecule has 1 aromatic heterocycles. The topological polar surface area (TPSA) is 70.6 Å². The molecule has 1 amide bonds. The molecule has 35 heavy (non-hydrogen) atoms. The Morgan fingerprint density at radius 2 is 1.97 bits per heavy atom. The van der Waals surface area contributed by atoms with Crippen molar-refractivity contribution in [1.82, 2.24) is 19.8 Å². The molecule has 3 heterocycles. The Labute approximate surface area is 203 Å². The van der Waals surface area contributed by atoms with Crippen LogP contribution in [-0.2, 0) is 15.7 Å². The standard InChI is InChI=1S/C25H32F3N5O2/c1-13(2)33-11-18-16(14(33)3)10-21(22(18)35-4)32-8-7-20(24(32)34)31-23-17-9-15(25(26,27)28)5-6-19(17)29-12-30-23/h5-6,9,12-14,16,18,20-22H,7-8,10-11H2,1-4H3,(H,29,30,31). The molecule has 1 aliphatic carbocycles. The van der Waals surface area contributed by atoms with Crippen LogP contribution in [0.15, 0.2) is 24.5 Å². The highest BCUT2D eigenvalue weighted by Gasteiger charge is 2.55. The molecule has 1 N–H and O–H groups in total. The molecule has 2 aliphatic heterocycles. The van der Waals surface area contributed by atoms with Gasteiger partial charge >= 0.3 is 6.18 Å². The van der Waals surface area contributed by atoms with Gasteiger partial charge in [0, 0.05) is 43.6 Å². The van der Waals surface area contributed by atoms with Gasteiger partial charge in [0.1, 0.15) is 18.2 Å². The van der Waals surface area contributed by atoms with E-state index in [-0.39, 0.29) is 29.3 Å². The number of benzene rings is 1. The zero-order valence-corrected chi connectivity index (χ0v) is 20.4. The first-order valence-electron chi connectivity index (χ1n) is 12.3. The van der Waals surface area contributed by atoms with Gasteiger partial charge in [0.2, 0.25) is 5.91 Å². The van der Waals surface area contributed by atoms with Crippen LogP contribution in [0, 0.1) is 11.8 Å². The Morgan fingerprint density at radius 3 is 2.66 bits per heavy atom. The van der Waals surface area contributed by atoms with Gasteiger partial charge in [-0.25, -0.2) is 9.97 Å². The summed E-state index contributed by atoms with van der Waals surface area (Å²) in [6.07, 6.45) is -1.74. The summed E-state index contributed by atoms with van der Waals surface area (Å²) in [5.74, 6) is 1.05. The van der Waals surface area contributed by atoms with E-state index < -0.39 is 17.8 Å². The summed E-state index contributed by atoms with van der Waals surface area (Å²) in [7, 11) is 1.73. The van der Waals surface area contributed by atoms with Crippen LogP contribution in [0.1, 0.15) is 39.2 Å². The summed E-state index contributed by atoms with van der Waals surface area (Å²) < 4.78 is 45.8. The largest absolute Gasteiger partial charge is 0.416 e. The number of rotatable bonds is 5. The number of alkyl halides is 3. The SMILES string of the molecule is COC1C2CN(C(C)C)C(C)C2CC1N1CCC(Nc2ncnc3ccc(C(F)(F)F)cc23)C1=O. The number of halogens is 3. The maximum atomic E-state index is 13.5. The molecule has 3 aliphatic rings. The number of likely N-dealkylation sites (tertiary alicyclic amines) is 2. The van der Waals surface area contributed by atoms with Gasteiger partial charge in [-0.1, -0.05) is 0 Å². The Balaban J connectivity index is 1.34. The molecular weight excluding hydrogens is 459 g/mol. The van der Waals surface area contributed by atoms with E-state index in [0.29, 0.717) is 42.4 Å². The molecule has 0 spiro atoms. The Hall–Kier alpha value is -2.46. The summed E-state index contributed by atoms with van der Waals surface area (Å²) in [6, 6.07) is 3.73. The smallest absolute Gasteiger partial charge is 0.379 e. The van der Waals surface area contributed by atoms with Crippen molar-refractivity contribution in [3.8, 4) is 0 Å². The van der Waals surface area contributed by atoms with E-state index >= 15 is 0 Å². The van der Waals surface area contributed by atoms with Crippen molar-refractivity contribution in [2.75, 3.05) is 25.5 Å². The zero-order valence-electron chi connectivity index (χ0n) is 20.4. The van der Waals surface area contributed by atoms with Crippen molar-refractivity contribution in [2.45, 2.75) is 70.1 Å². The minimum atomic E-state index is -4.47. The second-order valence-corrected chi connectivity index (χ2v) is 10.3. The number of fused-ring (bicyclic) bond motifs is 2. The van der Waals surface area contributed by atoms with Gasteiger partial charge in [0.05, 0.1) is 23.2 Å². The summed E-state index contributed by atoms with van der Waals surface area (Å²) in [6.45, 7) is 8.25. The molecule has 0 radical (unpaired) electrons. The lowest BCUT2D eigenvalue weighted by atomic mass is 9.94. The first-order valence-corrected chi connectivity index (χ1v) is 12.3. The maximum absolute atomic E-state index is 13.5. The van der Waals surface area contributed by atoms with Crippen molar-refractivity contribution < 1.29 is 22.7 Å². The van der Waals surface area contributed by atoms with Gasteiger partial charge in [0.15, 0.2) is 0 Å². The molecule has 3 fully saturated rings. The Morgan fingerprint density at radius 1 is 1.20 bits per heavy atom. The van der Waals surface area contributed by atoms with Gasteiger partial charge in [-0.2, -0.15) is 13.2 Å². The van der Waals surface area contributed by atoms with E-state index in [1.165, 1.54) is 12.4 Å². The molecule has 10 heteroatoms. The van der Waals surface area contributed by atoms with Crippen LogP contribution in [0.2, 0.25) is 0 Å². The fourth-order valence-electron chi connectivity index (χ4n) is 6.56. The minimum absolute atomic E-state index is 0.00466. The number of hydrogen-bond acceptors (Lipinski definition) is 6. The number of nitrogens with zero attached hydrogens (tertiary/aromatic N) is 4. The third-order valence-electron chi connectivity index (χ3n) is 8.28. The number of carbonyl (C=O) groups excluding carboxylic acids is 1. The summed E-state index contributed by atoms with van der Waals surface area (Å²) in [4.78, 5) is 26.2. The van der Waals surface area contributed by atoms with Gasteiger partial charge in [-0.3, -0.25) is 9.69 Å². The first-order chi connectivity index (χ1) is 16.6. The summed E-state index contributed by atoms with van der Waals surface area (Å²) in [5.41, 5.74) is -0.378. The van der Waals surface area contributed by atoms with Crippen LogP contribution >= 0.6 is 0 Å². The minimum Gasteiger partial charge on any atom is -0.379 e. The number of carbonyl (C=O) groups is 1. The average Bonchev–Trinajstić information content (AvgIpc) is 3.45. The Bertz CT molecular complexity index is 1110.